The Labute approximate surface area is 220 Å². The quantitative estimate of drug-likeness (QED) is 0.354. The second-order valence-corrected chi connectivity index (χ2v) is 9.97. The van der Waals surface area contributed by atoms with Crippen LogP contribution in [0.3, 0.4) is 0 Å². The van der Waals surface area contributed by atoms with E-state index in [1.807, 2.05) is 42.2 Å². The molecular formula is C30H29N3O5. The summed E-state index contributed by atoms with van der Waals surface area (Å²) in [5, 5.41) is 2.89. The molecule has 2 aromatic heterocycles. The molecule has 1 aliphatic heterocycles. The average Bonchev–Trinajstić information content (AvgIpc) is 3.37. The van der Waals surface area contributed by atoms with Crippen LogP contribution in [0.4, 0.5) is 0 Å². The number of amides is 2. The van der Waals surface area contributed by atoms with Crippen LogP contribution in [0.15, 0.2) is 76.0 Å². The molecule has 4 aromatic rings. The molecule has 0 spiro atoms. The van der Waals surface area contributed by atoms with Gasteiger partial charge in [-0.05, 0) is 73.1 Å². The summed E-state index contributed by atoms with van der Waals surface area (Å²) in [6.07, 6.45) is 5.93. The number of hydrogen-bond acceptors (Lipinski definition) is 6. The molecule has 1 fully saturated rings. The molecule has 2 aliphatic rings. The third kappa shape index (κ3) is 5.07. The Morgan fingerprint density at radius 1 is 1.11 bits per heavy atom. The zero-order valence-electron chi connectivity index (χ0n) is 21.2. The van der Waals surface area contributed by atoms with E-state index in [2.05, 4.69) is 22.4 Å². The summed E-state index contributed by atoms with van der Waals surface area (Å²) in [4.78, 5) is 31.8. The highest BCUT2D eigenvalue weighted by Crippen LogP contribution is 2.38. The summed E-state index contributed by atoms with van der Waals surface area (Å²) in [5.74, 6) is 1.48. The predicted octanol–water partition coefficient (Wildman–Crippen LogP) is 5.08. The minimum absolute atomic E-state index is 0.0822. The molecule has 1 atom stereocenters. The van der Waals surface area contributed by atoms with Crippen molar-refractivity contribution in [1.29, 1.82) is 0 Å². The number of aryl methyl sites for hydroxylation is 1. The normalized spacial score (nSPS) is 16.7. The van der Waals surface area contributed by atoms with E-state index in [0.717, 1.165) is 28.7 Å². The van der Waals surface area contributed by atoms with Crippen LogP contribution in [0.25, 0.3) is 0 Å². The topological polar surface area (TPSA) is 97.8 Å². The number of ether oxygens (including phenoxy) is 1. The summed E-state index contributed by atoms with van der Waals surface area (Å²) in [7, 11) is 0. The molecule has 0 saturated heterocycles. The minimum atomic E-state index is -0.289. The first-order valence-corrected chi connectivity index (χ1v) is 12.9. The van der Waals surface area contributed by atoms with E-state index >= 15 is 0 Å². The van der Waals surface area contributed by atoms with Crippen LogP contribution < -0.4 is 10.1 Å². The van der Waals surface area contributed by atoms with Gasteiger partial charge in [-0.3, -0.25) is 9.59 Å². The Bertz CT molecular complexity index is 1450. The van der Waals surface area contributed by atoms with Crippen molar-refractivity contribution < 1.29 is 23.2 Å². The van der Waals surface area contributed by atoms with Gasteiger partial charge in [-0.25, -0.2) is 4.98 Å². The summed E-state index contributed by atoms with van der Waals surface area (Å²) in [6.45, 7) is 3.38. The standard InChI is InChI=1S/C30H29N3O5/c1-19-4-2-5-22(14-19)28-24-15-23(10-9-21(24)11-12-33(28)30(35)26-6-3-13-36-26)37-18-27-32-25(17-38-27)29(34)31-16-20-7-8-20/h2-6,9-10,13-15,17,20,28H,7-8,11-12,16,18H2,1H3,(H,31,34)/t28-/m0/s1. The largest absolute Gasteiger partial charge is 0.484 e. The number of carbonyl (C=O) groups is 2. The van der Waals surface area contributed by atoms with E-state index in [4.69, 9.17) is 13.6 Å². The van der Waals surface area contributed by atoms with Crippen molar-refractivity contribution in [1.82, 2.24) is 15.2 Å². The van der Waals surface area contributed by atoms with Crippen LogP contribution in [0.2, 0.25) is 0 Å². The minimum Gasteiger partial charge on any atom is -0.484 e. The molecule has 2 aromatic carbocycles. The average molecular weight is 512 g/mol. The smallest absolute Gasteiger partial charge is 0.290 e. The molecule has 8 nitrogen and oxygen atoms in total. The first-order chi connectivity index (χ1) is 18.5. The fourth-order valence-corrected chi connectivity index (χ4v) is 4.92. The summed E-state index contributed by atoms with van der Waals surface area (Å²) >= 11 is 0. The van der Waals surface area contributed by atoms with Gasteiger partial charge in [0.15, 0.2) is 18.1 Å². The van der Waals surface area contributed by atoms with Crippen molar-refractivity contribution in [3.63, 3.8) is 0 Å². The maximum Gasteiger partial charge on any atom is 0.290 e. The zero-order chi connectivity index (χ0) is 26.1. The van der Waals surface area contributed by atoms with Gasteiger partial charge in [0, 0.05) is 13.1 Å². The van der Waals surface area contributed by atoms with Gasteiger partial charge < -0.3 is 23.8 Å². The van der Waals surface area contributed by atoms with Crippen molar-refractivity contribution in [2.24, 2.45) is 5.92 Å². The molecular weight excluding hydrogens is 482 g/mol. The van der Waals surface area contributed by atoms with Gasteiger partial charge in [-0.2, -0.15) is 0 Å². The van der Waals surface area contributed by atoms with Crippen molar-refractivity contribution in [3.8, 4) is 5.75 Å². The SMILES string of the molecule is Cc1cccc([C@H]2c3cc(OCc4nc(C(=O)NCC5CC5)co4)ccc3CCN2C(=O)c2ccco2)c1. The fourth-order valence-electron chi connectivity index (χ4n) is 4.92. The number of rotatable bonds is 8. The highest BCUT2D eigenvalue weighted by Gasteiger charge is 2.34. The van der Waals surface area contributed by atoms with Gasteiger partial charge >= 0.3 is 0 Å². The highest BCUT2D eigenvalue weighted by atomic mass is 16.5. The van der Waals surface area contributed by atoms with Gasteiger partial charge in [-0.1, -0.05) is 35.9 Å². The third-order valence-electron chi connectivity index (χ3n) is 7.09. The Kier molecular flexibility index (Phi) is 6.45. The maximum absolute atomic E-state index is 13.4. The van der Waals surface area contributed by atoms with Crippen LogP contribution in [0.5, 0.6) is 5.75 Å². The molecule has 1 saturated carbocycles. The summed E-state index contributed by atoms with van der Waals surface area (Å²) in [5.41, 5.74) is 4.57. The van der Waals surface area contributed by atoms with Gasteiger partial charge in [0.05, 0.1) is 12.3 Å². The lowest BCUT2D eigenvalue weighted by molar-refractivity contribution is 0.0661. The molecule has 2 amide bonds. The molecule has 0 bridgehead atoms. The highest BCUT2D eigenvalue weighted by molar-refractivity contribution is 5.92. The number of oxazole rings is 1. The number of hydrogen-bond donors (Lipinski definition) is 1. The first-order valence-electron chi connectivity index (χ1n) is 12.9. The number of furan rings is 1. The molecule has 0 unspecified atom stereocenters. The monoisotopic (exact) mass is 511 g/mol. The van der Waals surface area contributed by atoms with Gasteiger partial charge in [0.25, 0.3) is 11.8 Å². The maximum atomic E-state index is 13.4. The summed E-state index contributed by atoms with van der Waals surface area (Å²) < 4.78 is 16.9. The van der Waals surface area contributed by atoms with E-state index < -0.39 is 0 Å². The van der Waals surface area contributed by atoms with Crippen LogP contribution in [0.1, 0.15) is 68.1 Å². The van der Waals surface area contributed by atoms with E-state index in [1.165, 1.54) is 25.4 Å². The van der Waals surface area contributed by atoms with Crippen molar-refractivity contribution in [3.05, 3.63) is 107 Å². The number of benzene rings is 2. The van der Waals surface area contributed by atoms with Crippen LogP contribution in [-0.2, 0) is 13.0 Å². The van der Waals surface area contributed by atoms with Gasteiger partial charge in [0.1, 0.15) is 12.0 Å². The first kappa shape index (κ1) is 24.0. The summed E-state index contributed by atoms with van der Waals surface area (Å²) in [6, 6.07) is 17.3. The number of aromatic nitrogens is 1. The number of nitrogens with one attached hydrogen (secondary N) is 1. The lowest BCUT2D eigenvalue weighted by Gasteiger charge is -2.37. The van der Waals surface area contributed by atoms with E-state index in [-0.39, 0.29) is 30.2 Å². The molecule has 38 heavy (non-hydrogen) atoms. The van der Waals surface area contributed by atoms with Crippen molar-refractivity contribution in [2.45, 2.75) is 38.8 Å². The second kappa shape index (κ2) is 10.2. The Morgan fingerprint density at radius 3 is 2.79 bits per heavy atom. The van der Waals surface area contributed by atoms with Crippen molar-refractivity contribution in [2.75, 3.05) is 13.1 Å². The molecule has 6 rings (SSSR count). The lowest BCUT2D eigenvalue weighted by Crippen LogP contribution is -2.40. The molecule has 1 N–H and O–H groups in total. The van der Waals surface area contributed by atoms with Gasteiger partial charge in [-0.15, -0.1) is 0 Å². The molecule has 3 heterocycles. The zero-order valence-corrected chi connectivity index (χ0v) is 21.2. The van der Waals surface area contributed by atoms with Crippen LogP contribution in [0, 0.1) is 12.8 Å². The van der Waals surface area contributed by atoms with Gasteiger partial charge in [0.2, 0.25) is 5.89 Å². The molecule has 194 valence electrons. The lowest BCUT2D eigenvalue weighted by atomic mass is 9.87. The Hall–Kier alpha value is -4.33. The molecule has 1 aliphatic carbocycles. The van der Waals surface area contributed by atoms with Crippen LogP contribution in [-0.4, -0.2) is 34.8 Å². The second-order valence-electron chi connectivity index (χ2n) is 9.97. The molecule has 0 radical (unpaired) electrons. The third-order valence-corrected chi connectivity index (χ3v) is 7.09. The number of carbonyl (C=O) groups excluding carboxylic acids is 2. The predicted molar refractivity (Wildman–Crippen MR) is 139 cm³/mol. The van der Waals surface area contributed by atoms with Crippen LogP contribution >= 0.6 is 0 Å². The van der Waals surface area contributed by atoms with E-state index in [0.29, 0.717) is 36.4 Å². The number of nitrogens with zero attached hydrogens (tertiary/aromatic N) is 2. The fraction of sp³-hybridized carbons (Fsp3) is 0.300. The Balaban J connectivity index is 1.23. The number of fused-ring (bicyclic) bond motifs is 1. The Morgan fingerprint density at radius 2 is 2.00 bits per heavy atom. The van der Waals surface area contributed by atoms with E-state index in [1.54, 1.807) is 12.1 Å². The van der Waals surface area contributed by atoms with Crippen molar-refractivity contribution >= 4 is 11.8 Å². The van der Waals surface area contributed by atoms with E-state index in [9.17, 15) is 9.59 Å². The molecule has 8 heteroatoms.